The zero-order valence-corrected chi connectivity index (χ0v) is 16.7. The van der Waals surface area contributed by atoms with Crippen LogP contribution in [-0.2, 0) is 0 Å². The Kier molecular flexibility index (Phi) is 4.71. The van der Waals surface area contributed by atoms with E-state index in [4.69, 9.17) is 4.74 Å². The van der Waals surface area contributed by atoms with Crippen LogP contribution in [0.1, 0.15) is 25.5 Å². The molecule has 0 unspecified atom stereocenters. The summed E-state index contributed by atoms with van der Waals surface area (Å²) in [5, 5.41) is 22.3. The zero-order chi connectivity index (χ0) is 19.0. The van der Waals surface area contributed by atoms with Gasteiger partial charge in [0.2, 0.25) is 0 Å². The lowest BCUT2D eigenvalue weighted by molar-refractivity contribution is 0.416. The lowest BCUT2D eigenvalue weighted by Gasteiger charge is -2.17. The van der Waals surface area contributed by atoms with Crippen LogP contribution in [0.4, 0.5) is 5.69 Å². The summed E-state index contributed by atoms with van der Waals surface area (Å²) in [6.45, 7) is 2.16. The summed E-state index contributed by atoms with van der Waals surface area (Å²) in [5.74, 6) is 1.46. The van der Waals surface area contributed by atoms with Crippen LogP contribution < -0.4 is 10.1 Å². The number of nitrogens with zero attached hydrogens (tertiary/aromatic N) is 3. The lowest BCUT2D eigenvalue weighted by atomic mass is 10.0. The fourth-order valence-corrected chi connectivity index (χ4v) is 3.68. The first-order valence-corrected chi connectivity index (χ1v) is 9.71. The normalized spacial score (nSPS) is 14.6. The third-order valence-corrected chi connectivity index (χ3v) is 5.54. The van der Waals surface area contributed by atoms with Crippen LogP contribution >= 0.6 is 15.9 Å². The molecule has 1 aliphatic carbocycles. The second-order valence-electron chi connectivity index (χ2n) is 6.88. The summed E-state index contributed by atoms with van der Waals surface area (Å²) in [4.78, 5) is 0. The third kappa shape index (κ3) is 3.47. The van der Waals surface area contributed by atoms with Gasteiger partial charge in [0.25, 0.3) is 0 Å². The molecule has 0 spiro atoms. The summed E-state index contributed by atoms with van der Waals surface area (Å²) in [7, 11) is 1.66. The Labute approximate surface area is 166 Å². The van der Waals surface area contributed by atoms with Gasteiger partial charge in [-0.3, -0.25) is 0 Å². The number of aromatic nitrogens is 2. The molecule has 0 radical (unpaired) electrons. The number of methoxy groups -OCH3 is 1. The third-order valence-electron chi connectivity index (χ3n) is 5.04. The average molecular weight is 423 g/mol. The molecule has 1 atom stereocenters. The Balaban J connectivity index is 1.81. The van der Waals surface area contributed by atoms with Gasteiger partial charge in [0, 0.05) is 21.5 Å². The van der Waals surface area contributed by atoms with Gasteiger partial charge in [-0.15, -0.1) is 10.2 Å². The van der Waals surface area contributed by atoms with E-state index in [9.17, 15) is 5.26 Å². The largest absolute Gasteiger partial charge is 0.496 e. The van der Waals surface area contributed by atoms with Crippen molar-refractivity contribution in [3.8, 4) is 22.9 Å². The van der Waals surface area contributed by atoms with Crippen molar-refractivity contribution in [3.05, 3.63) is 46.6 Å². The van der Waals surface area contributed by atoms with Crippen molar-refractivity contribution >= 4 is 32.5 Å². The Hall–Kier alpha value is -2.65. The molecule has 0 aliphatic heterocycles. The Morgan fingerprint density at radius 1 is 1.22 bits per heavy atom. The van der Waals surface area contributed by atoms with Crippen LogP contribution in [0, 0.1) is 17.2 Å². The molecule has 6 heteroatoms. The Bertz CT molecular complexity index is 1060. The minimum atomic E-state index is 0.316. The highest BCUT2D eigenvalue weighted by atomic mass is 79.9. The molecule has 0 saturated heterocycles. The molecule has 1 heterocycles. The predicted molar refractivity (Wildman–Crippen MR) is 110 cm³/mol. The highest BCUT2D eigenvalue weighted by Crippen LogP contribution is 2.37. The number of nitriles is 1. The van der Waals surface area contributed by atoms with Gasteiger partial charge in [0.15, 0.2) is 5.69 Å². The maximum Gasteiger partial charge on any atom is 0.186 e. The molecule has 1 saturated carbocycles. The lowest BCUT2D eigenvalue weighted by Crippen LogP contribution is -2.19. The van der Waals surface area contributed by atoms with Gasteiger partial charge in [0.1, 0.15) is 11.8 Å². The van der Waals surface area contributed by atoms with Crippen molar-refractivity contribution in [2.24, 2.45) is 5.92 Å². The molecule has 27 heavy (non-hydrogen) atoms. The maximum absolute atomic E-state index is 9.46. The van der Waals surface area contributed by atoms with Crippen LogP contribution in [-0.4, -0.2) is 23.3 Å². The quantitative estimate of drug-likeness (QED) is 0.615. The summed E-state index contributed by atoms with van der Waals surface area (Å²) >= 11 is 3.47. The van der Waals surface area contributed by atoms with Gasteiger partial charge in [-0.25, -0.2) is 0 Å². The van der Waals surface area contributed by atoms with Crippen molar-refractivity contribution in [2.75, 3.05) is 12.4 Å². The van der Waals surface area contributed by atoms with E-state index in [1.54, 1.807) is 7.11 Å². The topological polar surface area (TPSA) is 70.8 Å². The van der Waals surface area contributed by atoms with Crippen LogP contribution in [0.15, 0.2) is 40.9 Å². The molecule has 4 rings (SSSR count). The van der Waals surface area contributed by atoms with E-state index in [1.165, 1.54) is 12.8 Å². The predicted octanol–water partition coefficient (Wildman–Crippen LogP) is 5.15. The molecular formula is C21H19BrN4O. The fourth-order valence-electron chi connectivity index (χ4n) is 3.34. The Morgan fingerprint density at radius 2 is 2.04 bits per heavy atom. The van der Waals surface area contributed by atoms with Crippen LogP contribution in [0.5, 0.6) is 5.75 Å². The number of ether oxygens (including phenoxy) is 1. The van der Waals surface area contributed by atoms with E-state index in [1.807, 2.05) is 36.4 Å². The summed E-state index contributed by atoms with van der Waals surface area (Å²) in [5.41, 5.74) is 3.84. The zero-order valence-electron chi connectivity index (χ0n) is 15.2. The molecule has 1 fully saturated rings. The van der Waals surface area contributed by atoms with Gasteiger partial charge in [-0.2, -0.15) is 5.26 Å². The molecule has 2 aromatic carbocycles. The number of benzene rings is 2. The van der Waals surface area contributed by atoms with E-state index in [2.05, 4.69) is 44.4 Å². The van der Waals surface area contributed by atoms with E-state index < -0.39 is 0 Å². The monoisotopic (exact) mass is 422 g/mol. The van der Waals surface area contributed by atoms with Crippen LogP contribution in [0.25, 0.3) is 22.0 Å². The highest BCUT2D eigenvalue weighted by Gasteiger charge is 2.29. The SMILES string of the molecule is COc1cc(Br)ccc1-c1ccc2c(N[C@H](C)C3CC3)c(C#N)nnc2c1. The second-order valence-corrected chi connectivity index (χ2v) is 7.80. The number of fused-ring (bicyclic) bond motifs is 1. The smallest absolute Gasteiger partial charge is 0.186 e. The van der Waals surface area contributed by atoms with Crippen molar-refractivity contribution in [3.63, 3.8) is 0 Å². The van der Waals surface area contributed by atoms with E-state index in [-0.39, 0.29) is 0 Å². The first-order valence-electron chi connectivity index (χ1n) is 8.91. The molecular weight excluding hydrogens is 404 g/mol. The van der Waals surface area contributed by atoms with Crippen molar-refractivity contribution in [1.82, 2.24) is 10.2 Å². The van der Waals surface area contributed by atoms with Crippen molar-refractivity contribution in [1.29, 1.82) is 5.26 Å². The molecule has 0 bridgehead atoms. The average Bonchev–Trinajstić information content (AvgIpc) is 3.53. The minimum absolute atomic E-state index is 0.316. The molecule has 1 aliphatic rings. The first kappa shape index (κ1) is 17.7. The summed E-state index contributed by atoms with van der Waals surface area (Å²) in [6, 6.07) is 14.4. The molecule has 1 N–H and O–H groups in total. The molecule has 1 aromatic heterocycles. The number of nitrogens with one attached hydrogen (secondary N) is 1. The second kappa shape index (κ2) is 7.16. The van der Waals surface area contributed by atoms with Crippen LogP contribution in [0.2, 0.25) is 0 Å². The minimum Gasteiger partial charge on any atom is -0.496 e. The van der Waals surface area contributed by atoms with E-state index in [0.29, 0.717) is 17.7 Å². The highest BCUT2D eigenvalue weighted by molar-refractivity contribution is 9.10. The first-order chi connectivity index (χ1) is 13.1. The van der Waals surface area contributed by atoms with E-state index >= 15 is 0 Å². The number of hydrogen-bond donors (Lipinski definition) is 1. The van der Waals surface area contributed by atoms with Crippen molar-refractivity contribution in [2.45, 2.75) is 25.8 Å². The van der Waals surface area contributed by atoms with Gasteiger partial charge in [0.05, 0.1) is 18.3 Å². The van der Waals surface area contributed by atoms with Gasteiger partial charge in [-0.1, -0.05) is 22.0 Å². The number of halogens is 1. The standard InChI is InChI=1S/C21H19BrN4O/c1-12(13-3-4-13)24-21-17-7-5-14(9-18(17)25-26-19(21)11-23)16-8-6-15(22)10-20(16)27-2/h5-10,12-13H,3-4H2,1-2H3,(H,24,25)/t12-/m1/s1. The molecule has 3 aromatic rings. The van der Waals surface area contributed by atoms with Gasteiger partial charge in [-0.05, 0) is 61.6 Å². The van der Waals surface area contributed by atoms with Gasteiger partial charge < -0.3 is 10.1 Å². The van der Waals surface area contributed by atoms with E-state index in [0.717, 1.165) is 37.9 Å². The number of rotatable bonds is 5. The summed E-state index contributed by atoms with van der Waals surface area (Å²) in [6.07, 6.45) is 2.47. The Morgan fingerprint density at radius 3 is 2.74 bits per heavy atom. The van der Waals surface area contributed by atoms with Crippen molar-refractivity contribution < 1.29 is 4.74 Å². The van der Waals surface area contributed by atoms with Gasteiger partial charge >= 0.3 is 0 Å². The number of hydrogen-bond acceptors (Lipinski definition) is 5. The van der Waals surface area contributed by atoms with Crippen LogP contribution in [0.3, 0.4) is 0 Å². The maximum atomic E-state index is 9.46. The molecule has 0 amide bonds. The fraction of sp³-hybridized carbons (Fsp3) is 0.286. The summed E-state index contributed by atoms with van der Waals surface area (Å²) < 4.78 is 6.48. The molecule has 136 valence electrons. The number of anilines is 1. The molecule has 5 nitrogen and oxygen atoms in total.